The lowest BCUT2D eigenvalue weighted by molar-refractivity contribution is 0.0935. The first-order chi connectivity index (χ1) is 11.9. The lowest BCUT2D eigenvalue weighted by Gasteiger charge is -2.18. The third kappa shape index (κ3) is 4.90. The zero-order valence-corrected chi connectivity index (χ0v) is 15.6. The summed E-state index contributed by atoms with van der Waals surface area (Å²) < 4.78 is 26.3. The smallest absolute Gasteiger partial charge is 0.251 e. The van der Waals surface area contributed by atoms with Gasteiger partial charge < -0.3 is 5.32 Å². The van der Waals surface area contributed by atoms with Crippen molar-refractivity contribution in [2.24, 2.45) is 0 Å². The van der Waals surface area contributed by atoms with Crippen molar-refractivity contribution in [2.75, 3.05) is 6.54 Å². The molecule has 0 spiro atoms. The Balaban J connectivity index is 2.13. The van der Waals surface area contributed by atoms with Gasteiger partial charge in [0, 0.05) is 12.1 Å². The van der Waals surface area contributed by atoms with Gasteiger partial charge in [0.05, 0.1) is 10.9 Å². The molecule has 0 saturated heterocycles. The van der Waals surface area contributed by atoms with Crippen LogP contribution in [0.25, 0.3) is 0 Å². The quantitative estimate of drug-likeness (QED) is 0.796. The zero-order chi connectivity index (χ0) is 18.4. The summed E-state index contributed by atoms with van der Waals surface area (Å²) in [6.45, 7) is 6.07. The zero-order valence-electron chi connectivity index (χ0n) is 14.7. The molecule has 0 fully saturated rings. The van der Waals surface area contributed by atoms with E-state index in [9.17, 15) is 13.2 Å². The fourth-order valence-corrected chi connectivity index (χ4v) is 3.56. The molecule has 0 radical (unpaired) electrons. The molecule has 0 saturated carbocycles. The molecule has 0 aliphatic rings. The second kappa shape index (κ2) is 8.27. The van der Waals surface area contributed by atoms with Crippen LogP contribution in [0.4, 0.5) is 0 Å². The van der Waals surface area contributed by atoms with Gasteiger partial charge in [-0.25, -0.2) is 13.1 Å². The number of carbonyl (C=O) groups excluding carboxylic acids is 1. The molecule has 0 aliphatic carbocycles. The Labute approximate surface area is 149 Å². The van der Waals surface area contributed by atoms with Crippen molar-refractivity contribution in [3.63, 3.8) is 0 Å². The highest BCUT2D eigenvalue weighted by Gasteiger charge is 2.16. The van der Waals surface area contributed by atoms with E-state index in [1.165, 1.54) is 29.8 Å². The summed E-state index contributed by atoms with van der Waals surface area (Å²) in [5.41, 5.74) is 2.65. The summed E-state index contributed by atoms with van der Waals surface area (Å²) in [5.74, 6) is -0.222. The van der Waals surface area contributed by atoms with E-state index in [4.69, 9.17) is 0 Å². The van der Waals surface area contributed by atoms with Gasteiger partial charge in [0.2, 0.25) is 10.0 Å². The Hall–Kier alpha value is -2.18. The lowest BCUT2D eigenvalue weighted by atomic mass is 10.0. The molecular formula is C19H24N2O3S. The van der Waals surface area contributed by atoms with E-state index < -0.39 is 10.0 Å². The van der Waals surface area contributed by atoms with E-state index in [1.807, 2.05) is 38.1 Å². The molecule has 0 unspecified atom stereocenters. The van der Waals surface area contributed by atoms with E-state index in [2.05, 4.69) is 10.0 Å². The topological polar surface area (TPSA) is 75.3 Å². The van der Waals surface area contributed by atoms with Crippen LogP contribution in [0.15, 0.2) is 53.4 Å². The van der Waals surface area contributed by atoms with Crippen molar-refractivity contribution in [3.05, 3.63) is 65.2 Å². The number of aryl methyl sites for hydroxylation is 1. The molecule has 2 aromatic carbocycles. The number of amides is 1. The van der Waals surface area contributed by atoms with Crippen LogP contribution in [0.2, 0.25) is 0 Å². The minimum Gasteiger partial charge on any atom is -0.345 e. The minimum atomic E-state index is -3.51. The minimum absolute atomic E-state index is 0.0849. The first-order valence-corrected chi connectivity index (χ1v) is 9.82. The molecule has 25 heavy (non-hydrogen) atoms. The van der Waals surface area contributed by atoms with Crippen LogP contribution in [-0.2, 0) is 10.0 Å². The number of nitrogens with one attached hydrogen (secondary N) is 2. The van der Waals surface area contributed by atoms with E-state index in [0.29, 0.717) is 12.1 Å². The third-order valence-electron chi connectivity index (χ3n) is 3.95. The molecule has 2 rings (SSSR count). The van der Waals surface area contributed by atoms with Crippen LogP contribution in [-0.4, -0.2) is 20.9 Å². The van der Waals surface area contributed by atoms with Crippen molar-refractivity contribution in [1.82, 2.24) is 10.0 Å². The van der Waals surface area contributed by atoms with Gasteiger partial charge in [0.25, 0.3) is 5.91 Å². The number of carbonyl (C=O) groups is 1. The van der Waals surface area contributed by atoms with E-state index in [-0.39, 0.29) is 16.8 Å². The number of sulfonamides is 1. The van der Waals surface area contributed by atoms with Crippen LogP contribution in [0.1, 0.15) is 47.8 Å². The second-order valence-corrected chi connectivity index (χ2v) is 7.64. The average Bonchev–Trinajstić information content (AvgIpc) is 2.60. The van der Waals surface area contributed by atoms with Crippen molar-refractivity contribution in [2.45, 2.75) is 38.1 Å². The molecule has 2 N–H and O–H groups in total. The predicted octanol–water partition coefficient (Wildman–Crippen LogP) is 3.17. The van der Waals surface area contributed by atoms with Gasteiger partial charge in [0.1, 0.15) is 0 Å². The van der Waals surface area contributed by atoms with Crippen molar-refractivity contribution in [1.29, 1.82) is 0 Å². The summed E-state index contributed by atoms with van der Waals surface area (Å²) in [7, 11) is -3.51. The molecule has 0 heterocycles. The maximum absolute atomic E-state index is 12.5. The predicted molar refractivity (Wildman–Crippen MR) is 99.0 cm³/mol. The summed E-state index contributed by atoms with van der Waals surface area (Å²) in [6.07, 6.45) is 0.766. The van der Waals surface area contributed by atoms with Gasteiger partial charge in [-0.2, -0.15) is 0 Å². The Morgan fingerprint density at radius 2 is 1.60 bits per heavy atom. The average molecular weight is 360 g/mol. The molecule has 6 heteroatoms. The highest BCUT2D eigenvalue weighted by atomic mass is 32.2. The molecule has 1 amide bonds. The Morgan fingerprint density at radius 1 is 1.00 bits per heavy atom. The normalized spacial score (nSPS) is 12.6. The Kier molecular flexibility index (Phi) is 6.33. The summed E-state index contributed by atoms with van der Waals surface area (Å²) in [6, 6.07) is 13.9. The van der Waals surface area contributed by atoms with Crippen LogP contribution < -0.4 is 10.0 Å². The fourth-order valence-electron chi connectivity index (χ4n) is 2.52. The number of hydrogen-bond acceptors (Lipinski definition) is 3. The number of rotatable bonds is 7. The summed E-state index contributed by atoms with van der Waals surface area (Å²) >= 11 is 0. The molecule has 1 atom stereocenters. The molecule has 0 aliphatic heterocycles. The van der Waals surface area contributed by atoms with Crippen LogP contribution in [0.3, 0.4) is 0 Å². The molecule has 134 valence electrons. The van der Waals surface area contributed by atoms with Gasteiger partial charge in [-0.15, -0.1) is 0 Å². The van der Waals surface area contributed by atoms with Gasteiger partial charge in [-0.1, -0.05) is 43.7 Å². The van der Waals surface area contributed by atoms with Gasteiger partial charge in [-0.05, 0) is 43.2 Å². The van der Waals surface area contributed by atoms with E-state index in [0.717, 1.165) is 12.0 Å². The molecular weight excluding hydrogens is 336 g/mol. The maximum atomic E-state index is 12.5. The molecule has 0 aromatic heterocycles. The number of hydrogen-bond donors (Lipinski definition) is 2. The van der Waals surface area contributed by atoms with Crippen molar-refractivity contribution in [3.8, 4) is 0 Å². The van der Waals surface area contributed by atoms with E-state index in [1.54, 1.807) is 6.92 Å². The summed E-state index contributed by atoms with van der Waals surface area (Å²) in [5, 5.41) is 3.00. The maximum Gasteiger partial charge on any atom is 0.251 e. The molecule has 2 aromatic rings. The van der Waals surface area contributed by atoms with Crippen molar-refractivity contribution >= 4 is 15.9 Å². The first-order valence-electron chi connectivity index (χ1n) is 8.34. The number of benzene rings is 2. The Bertz CT molecular complexity index is 813. The second-order valence-electron chi connectivity index (χ2n) is 5.87. The van der Waals surface area contributed by atoms with E-state index >= 15 is 0 Å². The molecule has 0 bridgehead atoms. The SMILES string of the molecule is CCNS(=O)(=O)c1ccc(C(=O)N[C@@H](CC)c2ccc(C)cc2)cc1. The van der Waals surface area contributed by atoms with Gasteiger partial charge >= 0.3 is 0 Å². The van der Waals surface area contributed by atoms with Crippen LogP contribution >= 0.6 is 0 Å². The molecule has 5 nitrogen and oxygen atoms in total. The van der Waals surface area contributed by atoms with Gasteiger partial charge in [-0.3, -0.25) is 4.79 Å². The Morgan fingerprint density at radius 3 is 2.12 bits per heavy atom. The van der Waals surface area contributed by atoms with Gasteiger partial charge in [0.15, 0.2) is 0 Å². The highest BCUT2D eigenvalue weighted by Crippen LogP contribution is 2.18. The largest absolute Gasteiger partial charge is 0.345 e. The lowest BCUT2D eigenvalue weighted by Crippen LogP contribution is -2.28. The van der Waals surface area contributed by atoms with Crippen molar-refractivity contribution < 1.29 is 13.2 Å². The van der Waals surface area contributed by atoms with Crippen LogP contribution in [0, 0.1) is 6.92 Å². The monoisotopic (exact) mass is 360 g/mol. The third-order valence-corrected chi connectivity index (χ3v) is 5.52. The summed E-state index contributed by atoms with van der Waals surface area (Å²) in [4.78, 5) is 12.6. The first kappa shape index (κ1) is 19.1. The fraction of sp³-hybridized carbons (Fsp3) is 0.316. The van der Waals surface area contributed by atoms with Crippen LogP contribution in [0.5, 0.6) is 0 Å². The highest BCUT2D eigenvalue weighted by molar-refractivity contribution is 7.89. The standard InChI is InChI=1S/C19H24N2O3S/c1-4-18(15-8-6-14(3)7-9-15)21-19(22)16-10-12-17(13-11-16)25(23,24)20-5-2/h6-13,18,20H,4-5H2,1-3H3,(H,21,22)/t18-/m0/s1.